The van der Waals surface area contributed by atoms with Crippen molar-refractivity contribution in [3.05, 3.63) is 16.6 Å². The summed E-state index contributed by atoms with van der Waals surface area (Å²) in [5, 5.41) is 12.4. The Kier molecular flexibility index (Phi) is 4.35. The smallest absolute Gasteiger partial charge is 0.0951 e. The van der Waals surface area contributed by atoms with Crippen molar-refractivity contribution >= 4 is 11.3 Å². The molecule has 1 unspecified atom stereocenters. The van der Waals surface area contributed by atoms with Crippen LogP contribution in [0.2, 0.25) is 0 Å². The van der Waals surface area contributed by atoms with Crippen LogP contribution in [-0.4, -0.2) is 28.9 Å². The summed E-state index contributed by atoms with van der Waals surface area (Å²) in [7, 11) is 0. The van der Waals surface area contributed by atoms with E-state index in [1.165, 1.54) is 0 Å². The van der Waals surface area contributed by atoms with Gasteiger partial charge in [-0.25, -0.2) is 4.98 Å². The highest BCUT2D eigenvalue weighted by Crippen LogP contribution is 2.07. The first kappa shape index (κ1) is 10.6. The molecule has 0 aliphatic carbocycles. The summed E-state index contributed by atoms with van der Waals surface area (Å²) in [6, 6.07) is 0. The Morgan fingerprint density at radius 3 is 2.92 bits per heavy atom. The van der Waals surface area contributed by atoms with Gasteiger partial charge in [-0.1, -0.05) is 0 Å². The Morgan fingerprint density at radius 1 is 1.62 bits per heavy atom. The maximum absolute atomic E-state index is 9.51. The van der Waals surface area contributed by atoms with Gasteiger partial charge in [-0.2, -0.15) is 0 Å². The van der Waals surface area contributed by atoms with Crippen LogP contribution in [0, 0.1) is 0 Å². The molecule has 0 aromatic carbocycles. The molecule has 1 atom stereocenters. The van der Waals surface area contributed by atoms with Crippen molar-refractivity contribution in [3.8, 4) is 0 Å². The first-order valence-electron chi connectivity index (χ1n) is 4.36. The van der Waals surface area contributed by atoms with E-state index in [1.54, 1.807) is 17.5 Å². The van der Waals surface area contributed by atoms with Gasteiger partial charge < -0.3 is 9.84 Å². The van der Waals surface area contributed by atoms with Gasteiger partial charge in [0.1, 0.15) is 0 Å². The van der Waals surface area contributed by atoms with E-state index in [0.29, 0.717) is 13.0 Å². The van der Waals surface area contributed by atoms with Crippen molar-refractivity contribution in [1.29, 1.82) is 0 Å². The van der Waals surface area contributed by atoms with Crippen LogP contribution < -0.4 is 0 Å². The molecule has 3 nitrogen and oxygen atoms in total. The second-order valence-electron chi connectivity index (χ2n) is 3.17. The molecule has 1 heterocycles. The van der Waals surface area contributed by atoms with Crippen molar-refractivity contribution in [3.63, 3.8) is 0 Å². The van der Waals surface area contributed by atoms with Gasteiger partial charge >= 0.3 is 0 Å². The normalized spacial score (nSPS) is 13.5. The molecule has 0 fully saturated rings. The number of aliphatic hydroxyl groups excluding tert-OH is 1. The van der Waals surface area contributed by atoms with Crippen molar-refractivity contribution < 1.29 is 9.84 Å². The van der Waals surface area contributed by atoms with Crippen molar-refractivity contribution in [2.45, 2.75) is 32.5 Å². The molecule has 0 radical (unpaired) electrons. The molecule has 1 aromatic heterocycles. The van der Waals surface area contributed by atoms with E-state index in [9.17, 15) is 5.11 Å². The van der Waals surface area contributed by atoms with E-state index in [0.717, 1.165) is 5.01 Å². The van der Waals surface area contributed by atoms with Gasteiger partial charge in [0.15, 0.2) is 0 Å². The van der Waals surface area contributed by atoms with Gasteiger partial charge in [0, 0.05) is 18.0 Å². The number of rotatable bonds is 5. The zero-order valence-electron chi connectivity index (χ0n) is 7.93. The molecule has 0 saturated carbocycles. The molecule has 0 bridgehead atoms. The minimum atomic E-state index is -0.437. The van der Waals surface area contributed by atoms with Crippen molar-refractivity contribution in [2.75, 3.05) is 6.61 Å². The Hall–Kier alpha value is -0.450. The summed E-state index contributed by atoms with van der Waals surface area (Å²) in [6.07, 6.45) is 2.07. The predicted octanol–water partition coefficient (Wildman–Crippen LogP) is 1.47. The third-order valence-corrected chi connectivity index (χ3v) is 2.32. The molecule has 0 amide bonds. The van der Waals surface area contributed by atoms with Crippen molar-refractivity contribution in [1.82, 2.24) is 4.98 Å². The van der Waals surface area contributed by atoms with Crippen LogP contribution in [0.4, 0.5) is 0 Å². The van der Waals surface area contributed by atoms with E-state index >= 15 is 0 Å². The highest BCUT2D eigenvalue weighted by molar-refractivity contribution is 7.09. The Balaban J connectivity index is 2.22. The maximum Gasteiger partial charge on any atom is 0.0951 e. The molecule has 1 aromatic rings. The Bertz CT molecular complexity index is 224. The van der Waals surface area contributed by atoms with Crippen LogP contribution in [-0.2, 0) is 11.2 Å². The van der Waals surface area contributed by atoms with Gasteiger partial charge in [0.2, 0.25) is 0 Å². The molecule has 1 N–H and O–H groups in total. The highest BCUT2D eigenvalue weighted by atomic mass is 32.1. The number of nitrogens with zero attached hydrogens (tertiary/aromatic N) is 1. The molecule has 74 valence electrons. The Labute approximate surface area is 82.4 Å². The second kappa shape index (κ2) is 5.32. The quantitative estimate of drug-likeness (QED) is 0.784. The third kappa shape index (κ3) is 4.36. The van der Waals surface area contributed by atoms with Crippen molar-refractivity contribution in [2.24, 2.45) is 0 Å². The first-order chi connectivity index (χ1) is 6.18. The van der Waals surface area contributed by atoms with Crippen LogP contribution in [0.1, 0.15) is 18.9 Å². The first-order valence-corrected chi connectivity index (χ1v) is 5.24. The van der Waals surface area contributed by atoms with Gasteiger partial charge in [-0.05, 0) is 13.8 Å². The van der Waals surface area contributed by atoms with Crippen LogP contribution in [0.25, 0.3) is 0 Å². The van der Waals surface area contributed by atoms with Crippen LogP contribution in [0.15, 0.2) is 11.6 Å². The number of aliphatic hydroxyl groups is 1. The number of thiazole rings is 1. The average molecular weight is 201 g/mol. The number of hydrogen-bond donors (Lipinski definition) is 1. The summed E-state index contributed by atoms with van der Waals surface area (Å²) < 4.78 is 5.28. The fraction of sp³-hybridized carbons (Fsp3) is 0.667. The number of aromatic nitrogens is 1. The third-order valence-electron chi connectivity index (χ3n) is 1.52. The van der Waals surface area contributed by atoms with Gasteiger partial charge in [0.25, 0.3) is 0 Å². The summed E-state index contributed by atoms with van der Waals surface area (Å²) in [5.74, 6) is 0. The molecule has 1 rings (SSSR count). The SMILES string of the molecule is CC(C)OCC(O)Cc1nccs1. The lowest BCUT2D eigenvalue weighted by Crippen LogP contribution is -2.20. The summed E-state index contributed by atoms with van der Waals surface area (Å²) in [4.78, 5) is 4.09. The molecule has 0 spiro atoms. The summed E-state index contributed by atoms with van der Waals surface area (Å²) >= 11 is 1.56. The molecule has 4 heteroatoms. The van der Waals surface area contributed by atoms with Crippen LogP contribution in [0.3, 0.4) is 0 Å². The number of hydrogen-bond acceptors (Lipinski definition) is 4. The van der Waals surface area contributed by atoms with E-state index in [4.69, 9.17) is 4.74 Å². The van der Waals surface area contributed by atoms with Gasteiger partial charge in [-0.15, -0.1) is 11.3 Å². The van der Waals surface area contributed by atoms with E-state index in [-0.39, 0.29) is 6.10 Å². The minimum Gasteiger partial charge on any atom is -0.390 e. The lowest BCUT2D eigenvalue weighted by atomic mass is 10.3. The van der Waals surface area contributed by atoms with Crippen LogP contribution in [0.5, 0.6) is 0 Å². The lowest BCUT2D eigenvalue weighted by Gasteiger charge is -2.11. The Morgan fingerprint density at radius 2 is 2.38 bits per heavy atom. The zero-order chi connectivity index (χ0) is 9.68. The average Bonchev–Trinajstić information content (AvgIpc) is 2.53. The second-order valence-corrected chi connectivity index (χ2v) is 4.14. The molecular formula is C9H15NO2S. The summed E-state index contributed by atoms with van der Waals surface area (Å²) in [5.41, 5.74) is 0. The molecular weight excluding hydrogens is 186 g/mol. The standard InChI is InChI=1S/C9H15NO2S/c1-7(2)12-6-8(11)5-9-10-3-4-13-9/h3-4,7-8,11H,5-6H2,1-2H3. The van der Waals surface area contributed by atoms with E-state index in [1.807, 2.05) is 19.2 Å². The summed E-state index contributed by atoms with van der Waals surface area (Å²) in [6.45, 7) is 4.30. The maximum atomic E-state index is 9.51. The molecule has 0 saturated heterocycles. The topological polar surface area (TPSA) is 42.4 Å². The largest absolute Gasteiger partial charge is 0.390 e. The molecule has 13 heavy (non-hydrogen) atoms. The van der Waals surface area contributed by atoms with Gasteiger partial charge in [0.05, 0.1) is 23.8 Å². The van der Waals surface area contributed by atoms with E-state index in [2.05, 4.69) is 4.98 Å². The molecule has 0 aliphatic rings. The number of ether oxygens (including phenoxy) is 1. The zero-order valence-corrected chi connectivity index (χ0v) is 8.75. The monoisotopic (exact) mass is 201 g/mol. The predicted molar refractivity (Wildman–Crippen MR) is 52.9 cm³/mol. The minimum absolute atomic E-state index is 0.172. The van der Waals surface area contributed by atoms with Gasteiger partial charge in [-0.3, -0.25) is 0 Å². The highest BCUT2D eigenvalue weighted by Gasteiger charge is 2.08. The fourth-order valence-corrected chi connectivity index (χ4v) is 1.61. The van der Waals surface area contributed by atoms with Crippen LogP contribution >= 0.6 is 11.3 Å². The lowest BCUT2D eigenvalue weighted by molar-refractivity contribution is 0.00620. The molecule has 0 aliphatic heterocycles. The fourth-order valence-electron chi connectivity index (χ4n) is 0.918. The van der Waals surface area contributed by atoms with E-state index < -0.39 is 6.10 Å².